The van der Waals surface area contributed by atoms with Gasteiger partial charge in [0.2, 0.25) is 0 Å². The molecule has 9 heteroatoms. The van der Waals surface area contributed by atoms with E-state index < -0.39 is 0 Å². The van der Waals surface area contributed by atoms with Crippen LogP contribution in [0.25, 0.3) is 0 Å². The summed E-state index contributed by atoms with van der Waals surface area (Å²) < 4.78 is 0. The number of hydrogen-bond acceptors (Lipinski definition) is 6. The number of anilines is 2. The zero-order valence-corrected chi connectivity index (χ0v) is 21.0. The van der Waals surface area contributed by atoms with E-state index in [2.05, 4.69) is 69.9 Å². The topological polar surface area (TPSA) is 52.6 Å². The molecule has 32 heavy (non-hydrogen) atoms. The van der Waals surface area contributed by atoms with Gasteiger partial charge in [-0.15, -0.1) is 48.6 Å². The van der Waals surface area contributed by atoms with Crippen molar-refractivity contribution in [2.24, 2.45) is 4.99 Å². The molecule has 2 N–H and O–H groups in total. The predicted octanol–water partition coefficient (Wildman–Crippen LogP) is 5.76. The molecule has 172 valence electrons. The average Bonchev–Trinajstić information content (AvgIpc) is 3.04. The lowest BCUT2D eigenvalue weighted by Gasteiger charge is -2.35. The van der Waals surface area contributed by atoms with Crippen molar-refractivity contribution in [2.45, 2.75) is 25.8 Å². The molecule has 5 rings (SSSR count). The highest BCUT2D eigenvalue weighted by molar-refractivity contribution is 7.16. The van der Waals surface area contributed by atoms with Crippen LogP contribution < -0.4 is 10.6 Å². The number of piperazine rings is 1. The van der Waals surface area contributed by atoms with E-state index in [-0.39, 0.29) is 37.2 Å². The molecule has 1 unspecified atom stereocenters. The Kier molecular flexibility index (Phi) is 9.80. The van der Waals surface area contributed by atoms with Crippen LogP contribution in [0.4, 0.5) is 16.4 Å². The van der Waals surface area contributed by atoms with E-state index >= 15 is 0 Å². The maximum Gasteiger partial charge on any atom is 0.139 e. The third kappa shape index (κ3) is 5.74. The van der Waals surface area contributed by atoms with Gasteiger partial charge >= 0.3 is 0 Å². The third-order valence-corrected chi connectivity index (χ3v) is 6.53. The van der Waals surface area contributed by atoms with Gasteiger partial charge in [-0.1, -0.05) is 12.1 Å². The van der Waals surface area contributed by atoms with Crippen LogP contribution in [0.3, 0.4) is 0 Å². The van der Waals surface area contributed by atoms with Gasteiger partial charge in [-0.25, -0.2) is 4.99 Å². The van der Waals surface area contributed by atoms with Crippen molar-refractivity contribution in [2.75, 3.05) is 25.0 Å². The number of nitrogens with one attached hydrogen (secondary N) is 2. The second-order valence-corrected chi connectivity index (χ2v) is 8.92. The molecule has 0 aliphatic carbocycles. The Hall–Kier alpha value is -1.83. The number of rotatable bonds is 3. The molecule has 0 saturated carbocycles. The molecule has 2 aliphatic rings. The summed E-state index contributed by atoms with van der Waals surface area (Å²) >= 11 is 1.80. The number of amidine groups is 1. The van der Waals surface area contributed by atoms with Gasteiger partial charge in [-0.05, 0) is 55.7 Å². The first kappa shape index (κ1) is 26.4. The summed E-state index contributed by atoms with van der Waals surface area (Å²) in [4.78, 5) is 13.0. The van der Waals surface area contributed by atoms with Crippen LogP contribution in [0.2, 0.25) is 0 Å². The maximum absolute atomic E-state index is 5.12. The predicted molar refractivity (Wildman–Crippen MR) is 143 cm³/mol. The van der Waals surface area contributed by atoms with Gasteiger partial charge < -0.3 is 15.5 Å². The van der Waals surface area contributed by atoms with Gasteiger partial charge in [0.1, 0.15) is 10.8 Å². The number of aliphatic imine (C=N–C) groups is 1. The number of aryl methyl sites for hydroxylation is 2. The number of halogens is 3. The van der Waals surface area contributed by atoms with E-state index in [4.69, 9.17) is 4.99 Å². The Morgan fingerprint density at radius 3 is 2.69 bits per heavy atom. The second-order valence-electron chi connectivity index (χ2n) is 7.67. The molecule has 1 atom stereocenters. The van der Waals surface area contributed by atoms with E-state index in [0.29, 0.717) is 6.04 Å². The summed E-state index contributed by atoms with van der Waals surface area (Å²) in [6, 6.07) is 15.3. The van der Waals surface area contributed by atoms with Crippen LogP contribution in [0.1, 0.15) is 22.4 Å². The highest BCUT2D eigenvalue weighted by atomic mass is 35.5. The SMILES string of the molecule is Cc1cc2c(s1)Nc1ccccc1N=C2N1CCNC(CCc2ccncc2)C1.Cl.Cl.Cl. The number of hydrogen-bond donors (Lipinski definition) is 2. The molecule has 0 spiro atoms. The Morgan fingerprint density at radius 2 is 1.88 bits per heavy atom. The maximum atomic E-state index is 5.12. The lowest BCUT2D eigenvalue weighted by atomic mass is 10.0. The molecule has 1 saturated heterocycles. The summed E-state index contributed by atoms with van der Waals surface area (Å²) in [5.74, 6) is 1.09. The van der Waals surface area contributed by atoms with Crippen LogP contribution in [-0.2, 0) is 6.42 Å². The van der Waals surface area contributed by atoms with Gasteiger partial charge in [0.05, 0.1) is 16.9 Å². The summed E-state index contributed by atoms with van der Waals surface area (Å²) in [7, 11) is 0. The number of aromatic nitrogens is 1. The van der Waals surface area contributed by atoms with Crippen molar-refractivity contribution in [3.8, 4) is 0 Å². The highest BCUT2D eigenvalue weighted by Crippen LogP contribution is 2.39. The van der Waals surface area contributed by atoms with Crippen molar-refractivity contribution in [3.05, 3.63) is 70.9 Å². The van der Waals surface area contributed by atoms with Crippen molar-refractivity contribution in [1.29, 1.82) is 0 Å². The standard InChI is InChI=1S/C23H25N5S.3ClH/c1-16-14-19-22(26-20-4-2-3-5-21(20)27-23(19)29-16)28-13-12-25-18(15-28)7-6-17-8-10-24-11-9-17;;;/h2-5,8-11,14,18,25,27H,6-7,12-13,15H2,1H3;3*1H. The van der Waals surface area contributed by atoms with Crippen LogP contribution in [-0.4, -0.2) is 41.4 Å². The molecule has 0 bridgehead atoms. The van der Waals surface area contributed by atoms with E-state index in [1.807, 2.05) is 12.4 Å². The molecule has 4 heterocycles. The molecule has 0 amide bonds. The molecular weight excluding hydrogens is 485 g/mol. The second kappa shape index (κ2) is 11.9. The quantitative estimate of drug-likeness (QED) is 0.468. The van der Waals surface area contributed by atoms with Crippen molar-refractivity contribution < 1.29 is 0 Å². The first-order valence-electron chi connectivity index (χ1n) is 10.2. The molecule has 2 aromatic heterocycles. The molecule has 5 nitrogen and oxygen atoms in total. The first-order chi connectivity index (χ1) is 14.3. The van der Waals surface area contributed by atoms with Crippen molar-refractivity contribution >= 4 is 70.8 Å². The normalized spacial score (nSPS) is 16.6. The van der Waals surface area contributed by atoms with Crippen molar-refractivity contribution in [3.63, 3.8) is 0 Å². The molecule has 1 aromatic carbocycles. The molecule has 2 aliphatic heterocycles. The molecule has 3 aromatic rings. The smallest absolute Gasteiger partial charge is 0.139 e. The minimum atomic E-state index is 0. The average molecular weight is 513 g/mol. The van der Waals surface area contributed by atoms with Gasteiger partial charge in [0.25, 0.3) is 0 Å². The number of fused-ring (bicyclic) bond motifs is 2. The number of para-hydroxylation sites is 2. The van der Waals surface area contributed by atoms with Crippen LogP contribution in [0.5, 0.6) is 0 Å². The van der Waals surface area contributed by atoms with Gasteiger partial charge in [-0.2, -0.15) is 0 Å². The Balaban J connectivity index is 0.00000121. The zero-order chi connectivity index (χ0) is 19.6. The van der Waals surface area contributed by atoms with Crippen LogP contribution in [0.15, 0.2) is 59.9 Å². The minimum absolute atomic E-state index is 0. The summed E-state index contributed by atoms with van der Waals surface area (Å²) in [6.45, 7) is 5.09. The Bertz CT molecular complexity index is 1040. The van der Waals surface area contributed by atoms with E-state index in [0.717, 1.165) is 49.7 Å². The molecule has 0 radical (unpaired) electrons. The van der Waals surface area contributed by atoms with Gasteiger partial charge in [-0.3, -0.25) is 4.98 Å². The lowest BCUT2D eigenvalue weighted by molar-refractivity contribution is 0.282. The minimum Gasteiger partial charge on any atom is -0.353 e. The fourth-order valence-corrected chi connectivity index (χ4v) is 5.01. The molecular formula is C23H28Cl3N5S. The Labute approximate surface area is 212 Å². The fraction of sp³-hybridized carbons (Fsp3) is 0.304. The fourth-order valence-electron chi connectivity index (χ4n) is 4.09. The highest BCUT2D eigenvalue weighted by Gasteiger charge is 2.27. The number of pyridine rings is 1. The Morgan fingerprint density at radius 1 is 1.09 bits per heavy atom. The number of benzene rings is 1. The first-order valence-corrected chi connectivity index (χ1v) is 11.0. The summed E-state index contributed by atoms with van der Waals surface area (Å²) in [5, 5.41) is 8.50. The lowest BCUT2D eigenvalue weighted by Crippen LogP contribution is -2.52. The number of nitrogens with zero attached hydrogens (tertiary/aromatic N) is 3. The van der Waals surface area contributed by atoms with Crippen molar-refractivity contribution in [1.82, 2.24) is 15.2 Å². The third-order valence-electron chi connectivity index (χ3n) is 5.56. The monoisotopic (exact) mass is 511 g/mol. The van der Waals surface area contributed by atoms with E-state index in [1.165, 1.54) is 21.0 Å². The number of thiophene rings is 1. The van der Waals surface area contributed by atoms with Gasteiger partial charge in [0.15, 0.2) is 0 Å². The zero-order valence-electron chi connectivity index (χ0n) is 17.8. The van der Waals surface area contributed by atoms with Crippen LogP contribution >= 0.6 is 48.6 Å². The molecule has 1 fully saturated rings. The van der Waals surface area contributed by atoms with E-state index in [1.54, 1.807) is 11.3 Å². The van der Waals surface area contributed by atoms with Gasteiger partial charge in [0, 0.05) is 42.9 Å². The summed E-state index contributed by atoms with van der Waals surface area (Å²) in [5.41, 5.74) is 4.66. The van der Waals surface area contributed by atoms with E-state index in [9.17, 15) is 0 Å². The summed E-state index contributed by atoms with van der Waals surface area (Å²) in [6.07, 6.45) is 5.92. The largest absolute Gasteiger partial charge is 0.353 e. The van der Waals surface area contributed by atoms with Crippen LogP contribution in [0, 0.1) is 6.92 Å².